The SMILES string of the molecule is CC(C)CNC(=O)CC1(C(=O)O)CCC1. The molecule has 4 heteroatoms. The Kier molecular flexibility index (Phi) is 3.72. The summed E-state index contributed by atoms with van der Waals surface area (Å²) < 4.78 is 0. The summed E-state index contributed by atoms with van der Waals surface area (Å²) in [7, 11) is 0. The zero-order chi connectivity index (χ0) is 11.5. The van der Waals surface area contributed by atoms with Crippen LogP contribution in [0.25, 0.3) is 0 Å². The normalized spacial score (nSPS) is 18.3. The van der Waals surface area contributed by atoms with Crippen LogP contribution in [0.5, 0.6) is 0 Å². The van der Waals surface area contributed by atoms with Crippen LogP contribution in [0.2, 0.25) is 0 Å². The lowest BCUT2D eigenvalue weighted by Gasteiger charge is -2.36. The first-order valence-corrected chi connectivity index (χ1v) is 5.46. The monoisotopic (exact) mass is 213 g/mol. The van der Waals surface area contributed by atoms with Gasteiger partial charge in [-0.1, -0.05) is 20.3 Å². The number of rotatable bonds is 5. The molecule has 0 unspecified atom stereocenters. The molecule has 1 amide bonds. The van der Waals surface area contributed by atoms with Crippen molar-refractivity contribution in [2.75, 3.05) is 6.54 Å². The molecule has 0 aromatic rings. The van der Waals surface area contributed by atoms with E-state index in [0.29, 0.717) is 25.3 Å². The summed E-state index contributed by atoms with van der Waals surface area (Å²) in [4.78, 5) is 22.5. The number of carbonyl (C=O) groups is 2. The second-order valence-corrected chi connectivity index (χ2v) is 4.81. The van der Waals surface area contributed by atoms with Gasteiger partial charge in [-0.2, -0.15) is 0 Å². The van der Waals surface area contributed by atoms with E-state index in [2.05, 4.69) is 5.32 Å². The van der Waals surface area contributed by atoms with Crippen LogP contribution in [0.3, 0.4) is 0 Å². The number of carbonyl (C=O) groups excluding carboxylic acids is 1. The first-order valence-electron chi connectivity index (χ1n) is 5.46. The first-order chi connectivity index (χ1) is 6.96. The van der Waals surface area contributed by atoms with Gasteiger partial charge in [-0.25, -0.2) is 0 Å². The molecule has 1 saturated carbocycles. The van der Waals surface area contributed by atoms with E-state index in [1.54, 1.807) is 0 Å². The van der Waals surface area contributed by atoms with Gasteiger partial charge in [0.25, 0.3) is 0 Å². The first kappa shape index (κ1) is 12.0. The van der Waals surface area contributed by atoms with Crippen LogP contribution >= 0.6 is 0 Å². The van der Waals surface area contributed by atoms with Crippen LogP contribution in [-0.4, -0.2) is 23.5 Å². The van der Waals surface area contributed by atoms with Gasteiger partial charge in [0.1, 0.15) is 0 Å². The summed E-state index contributed by atoms with van der Waals surface area (Å²) in [6, 6.07) is 0. The smallest absolute Gasteiger partial charge is 0.310 e. The Morgan fingerprint density at radius 2 is 2.00 bits per heavy atom. The molecule has 1 rings (SSSR count). The summed E-state index contributed by atoms with van der Waals surface area (Å²) in [6.07, 6.45) is 2.33. The highest BCUT2D eigenvalue weighted by atomic mass is 16.4. The van der Waals surface area contributed by atoms with Crippen LogP contribution in [0.4, 0.5) is 0 Å². The Hall–Kier alpha value is -1.06. The molecule has 15 heavy (non-hydrogen) atoms. The number of nitrogens with one attached hydrogen (secondary N) is 1. The maximum Gasteiger partial charge on any atom is 0.310 e. The van der Waals surface area contributed by atoms with Crippen LogP contribution < -0.4 is 5.32 Å². The minimum atomic E-state index is -0.826. The lowest BCUT2D eigenvalue weighted by molar-refractivity contribution is -0.157. The number of hydrogen-bond donors (Lipinski definition) is 2. The Labute approximate surface area is 90.0 Å². The molecule has 0 radical (unpaired) electrons. The van der Waals surface area contributed by atoms with Crippen LogP contribution in [-0.2, 0) is 9.59 Å². The van der Waals surface area contributed by atoms with Crippen molar-refractivity contribution in [1.29, 1.82) is 0 Å². The van der Waals surface area contributed by atoms with Gasteiger partial charge in [-0.3, -0.25) is 9.59 Å². The van der Waals surface area contributed by atoms with Crippen molar-refractivity contribution in [2.24, 2.45) is 11.3 Å². The molecule has 0 aromatic carbocycles. The van der Waals surface area contributed by atoms with Gasteiger partial charge < -0.3 is 10.4 Å². The lowest BCUT2D eigenvalue weighted by atomic mass is 9.66. The van der Waals surface area contributed by atoms with E-state index in [-0.39, 0.29) is 12.3 Å². The third-order valence-corrected chi connectivity index (χ3v) is 2.97. The zero-order valence-corrected chi connectivity index (χ0v) is 9.38. The van der Waals surface area contributed by atoms with Gasteiger partial charge in [0.05, 0.1) is 5.41 Å². The van der Waals surface area contributed by atoms with Gasteiger partial charge >= 0.3 is 5.97 Å². The molecule has 0 bridgehead atoms. The minimum Gasteiger partial charge on any atom is -0.481 e. The Morgan fingerprint density at radius 1 is 1.40 bits per heavy atom. The van der Waals surface area contributed by atoms with Gasteiger partial charge in [-0.05, 0) is 18.8 Å². The summed E-state index contributed by atoms with van der Waals surface area (Å²) in [5.41, 5.74) is -0.763. The van der Waals surface area contributed by atoms with Crippen LogP contribution in [0.15, 0.2) is 0 Å². The summed E-state index contributed by atoms with van der Waals surface area (Å²) in [6.45, 7) is 4.64. The fourth-order valence-corrected chi connectivity index (χ4v) is 1.76. The van der Waals surface area contributed by atoms with Gasteiger partial charge in [-0.15, -0.1) is 0 Å². The second-order valence-electron chi connectivity index (χ2n) is 4.81. The van der Waals surface area contributed by atoms with E-state index >= 15 is 0 Å². The topological polar surface area (TPSA) is 66.4 Å². The molecule has 0 atom stereocenters. The molecule has 0 aromatic heterocycles. The van der Waals surface area contributed by atoms with Crippen LogP contribution in [0, 0.1) is 11.3 Å². The molecule has 1 aliphatic carbocycles. The maximum absolute atomic E-state index is 11.5. The van der Waals surface area contributed by atoms with Crippen molar-refractivity contribution in [1.82, 2.24) is 5.32 Å². The average Bonchev–Trinajstić information content (AvgIpc) is 2.07. The van der Waals surface area contributed by atoms with Crippen molar-refractivity contribution < 1.29 is 14.7 Å². The van der Waals surface area contributed by atoms with Crippen molar-refractivity contribution in [3.05, 3.63) is 0 Å². The third kappa shape index (κ3) is 2.94. The van der Waals surface area contributed by atoms with E-state index in [9.17, 15) is 9.59 Å². The Balaban J connectivity index is 2.39. The largest absolute Gasteiger partial charge is 0.481 e. The molecule has 0 aliphatic heterocycles. The molecule has 86 valence electrons. The molecular weight excluding hydrogens is 194 g/mol. The lowest BCUT2D eigenvalue weighted by Crippen LogP contribution is -2.43. The fraction of sp³-hybridized carbons (Fsp3) is 0.818. The molecule has 0 heterocycles. The molecular formula is C11H19NO3. The zero-order valence-electron chi connectivity index (χ0n) is 9.38. The molecule has 2 N–H and O–H groups in total. The highest BCUT2D eigenvalue weighted by molar-refractivity contribution is 5.85. The molecule has 4 nitrogen and oxygen atoms in total. The number of hydrogen-bond acceptors (Lipinski definition) is 2. The van der Waals surface area contributed by atoms with Crippen molar-refractivity contribution in [3.8, 4) is 0 Å². The predicted molar refractivity (Wildman–Crippen MR) is 56.4 cm³/mol. The average molecular weight is 213 g/mol. The van der Waals surface area contributed by atoms with Gasteiger partial charge in [0.2, 0.25) is 5.91 Å². The van der Waals surface area contributed by atoms with Crippen molar-refractivity contribution in [2.45, 2.75) is 39.5 Å². The maximum atomic E-state index is 11.5. The van der Waals surface area contributed by atoms with Gasteiger partial charge in [0.15, 0.2) is 0 Å². The minimum absolute atomic E-state index is 0.134. The van der Waals surface area contributed by atoms with E-state index in [4.69, 9.17) is 5.11 Å². The summed E-state index contributed by atoms with van der Waals surface area (Å²) in [5.74, 6) is -0.560. The molecule has 1 fully saturated rings. The number of carboxylic acid groups (broad SMARTS) is 1. The van der Waals surface area contributed by atoms with Gasteiger partial charge in [0, 0.05) is 13.0 Å². The Morgan fingerprint density at radius 3 is 2.33 bits per heavy atom. The molecule has 1 aliphatic rings. The quantitative estimate of drug-likeness (QED) is 0.725. The molecule has 0 spiro atoms. The number of aliphatic carboxylic acids is 1. The van der Waals surface area contributed by atoms with Crippen LogP contribution in [0.1, 0.15) is 39.5 Å². The number of amides is 1. The summed E-state index contributed by atoms with van der Waals surface area (Å²) >= 11 is 0. The van der Waals surface area contributed by atoms with E-state index < -0.39 is 11.4 Å². The predicted octanol–water partition coefficient (Wildman–Crippen LogP) is 1.40. The van der Waals surface area contributed by atoms with E-state index in [1.165, 1.54) is 0 Å². The highest BCUT2D eigenvalue weighted by Gasteiger charge is 2.45. The number of carboxylic acids is 1. The second kappa shape index (κ2) is 4.64. The highest BCUT2D eigenvalue weighted by Crippen LogP contribution is 2.44. The van der Waals surface area contributed by atoms with Crippen molar-refractivity contribution >= 4 is 11.9 Å². The van der Waals surface area contributed by atoms with E-state index in [1.807, 2.05) is 13.8 Å². The molecule has 0 saturated heterocycles. The Bertz CT molecular complexity index is 257. The third-order valence-electron chi connectivity index (χ3n) is 2.97. The summed E-state index contributed by atoms with van der Waals surface area (Å²) in [5, 5.41) is 11.8. The van der Waals surface area contributed by atoms with E-state index in [0.717, 1.165) is 6.42 Å². The standard InChI is InChI=1S/C11H19NO3/c1-8(2)7-12-9(13)6-11(10(14)15)4-3-5-11/h8H,3-7H2,1-2H3,(H,12,13)(H,14,15). The van der Waals surface area contributed by atoms with Crippen molar-refractivity contribution in [3.63, 3.8) is 0 Å². The fourth-order valence-electron chi connectivity index (χ4n) is 1.76.